The lowest BCUT2D eigenvalue weighted by Gasteiger charge is -2.11. The summed E-state index contributed by atoms with van der Waals surface area (Å²) in [7, 11) is 0. The van der Waals surface area contributed by atoms with Gasteiger partial charge in [0, 0.05) is 12.5 Å². The molecular formula is C12H19N3O3. The third-order valence-electron chi connectivity index (χ3n) is 2.77. The zero-order chi connectivity index (χ0) is 13.0. The molecule has 0 spiro atoms. The van der Waals surface area contributed by atoms with Crippen LogP contribution in [-0.2, 0) is 16.1 Å². The van der Waals surface area contributed by atoms with Crippen LogP contribution >= 0.6 is 0 Å². The second-order valence-electron chi connectivity index (χ2n) is 4.55. The monoisotopic (exact) mass is 253 g/mol. The number of ether oxygens (including phenoxy) is 1. The van der Waals surface area contributed by atoms with Gasteiger partial charge >= 0.3 is 0 Å². The van der Waals surface area contributed by atoms with Crippen LogP contribution in [0.3, 0.4) is 0 Å². The summed E-state index contributed by atoms with van der Waals surface area (Å²) >= 11 is 0. The number of hydrogen-bond acceptors (Lipinski definition) is 5. The van der Waals surface area contributed by atoms with Crippen LogP contribution in [0.5, 0.6) is 0 Å². The van der Waals surface area contributed by atoms with E-state index in [-0.39, 0.29) is 12.5 Å². The molecule has 0 aliphatic heterocycles. The van der Waals surface area contributed by atoms with Gasteiger partial charge < -0.3 is 14.6 Å². The minimum Gasteiger partial charge on any atom is -0.369 e. The Balaban J connectivity index is 1.73. The summed E-state index contributed by atoms with van der Waals surface area (Å²) in [4.78, 5) is 15.9. The van der Waals surface area contributed by atoms with Gasteiger partial charge in [0.05, 0.1) is 6.54 Å². The van der Waals surface area contributed by atoms with E-state index in [0.29, 0.717) is 24.2 Å². The van der Waals surface area contributed by atoms with Gasteiger partial charge in [-0.25, -0.2) is 0 Å². The molecule has 1 fully saturated rings. The van der Waals surface area contributed by atoms with Gasteiger partial charge in [-0.2, -0.15) is 4.98 Å². The Morgan fingerprint density at radius 1 is 1.61 bits per heavy atom. The van der Waals surface area contributed by atoms with Crippen LogP contribution in [0.15, 0.2) is 4.52 Å². The summed E-state index contributed by atoms with van der Waals surface area (Å²) in [5.74, 6) is 1.50. The van der Waals surface area contributed by atoms with E-state index in [1.807, 2.05) is 6.92 Å². The van der Waals surface area contributed by atoms with E-state index >= 15 is 0 Å². The van der Waals surface area contributed by atoms with Crippen LogP contribution in [0.4, 0.5) is 0 Å². The molecule has 1 aliphatic rings. The van der Waals surface area contributed by atoms with Gasteiger partial charge in [-0.05, 0) is 26.2 Å². The van der Waals surface area contributed by atoms with Crippen molar-refractivity contribution in [3.05, 3.63) is 11.7 Å². The second-order valence-corrected chi connectivity index (χ2v) is 4.55. The Kier molecular flexibility index (Phi) is 4.30. The number of nitrogens with zero attached hydrogens (tertiary/aromatic N) is 2. The highest BCUT2D eigenvalue weighted by atomic mass is 16.5. The second kappa shape index (κ2) is 5.95. The predicted octanol–water partition coefficient (Wildman–Crippen LogP) is 1.38. The minimum absolute atomic E-state index is 0.152. The SMILES string of the molecule is CCCO[C@H](C)C(=O)NCc1noc(C2CC2)n1. The molecule has 100 valence electrons. The smallest absolute Gasteiger partial charge is 0.249 e. The zero-order valence-corrected chi connectivity index (χ0v) is 10.8. The molecule has 18 heavy (non-hydrogen) atoms. The first-order valence-electron chi connectivity index (χ1n) is 6.42. The number of amides is 1. The standard InChI is InChI=1S/C12H19N3O3/c1-3-6-17-8(2)11(16)13-7-10-14-12(18-15-10)9-4-5-9/h8-9H,3-7H2,1-2H3,(H,13,16)/t8-/m1/s1. The van der Waals surface area contributed by atoms with E-state index in [9.17, 15) is 4.79 Å². The largest absolute Gasteiger partial charge is 0.369 e. The van der Waals surface area contributed by atoms with Gasteiger partial charge in [-0.1, -0.05) is 12.1 Å². The van der Waals surface area contributed by atoms with E-state index in [1.165, 1.54) is 0 Å². The molecule has 2 rings (SSSR count). The Labute approximate surface area is 106 Å². The summed E-state index contributed by atoms with van der Waals surface area (Å²) in [6, 6.07) is 0. The summed E-state index contributed by atoms with van der Waals surface area (Å²) in [6.45, 7) is 4.61. The number of aromatic nitrogens is 2. The lowest BCUT2D eigenvalue weighted by molar-refractivity contribution is -0.131. The highest BCUT2D eigenvalue weighted by molar-refractivity contribution is 5.80. The summed E-state index contributed by atoms with van der Waals surface area (Å²) in [5.41, 5.74) is 0. The molecule has 1 saturated carbocycles. The molecule has 1 atom stereocenters. The Morgan fingerprint density at radius 3 is 3.06 bits per heavy atom. The van der Waals surface area contributed by atoms with Gasteiger partial charge in [0.2, 0.25) is 11.8 Å². The summed E-state index contributed by atoms with van der Waals surface area (Å²) < 4.78 is 10.4. The van der Waals surface area contributed by atoms with E-state index in [0.717, 1.165) is 19.3 Å². The molecule has 6 heteroatoms. The molecule has 0 bridgehead atoms. The molecule has 1 aromatic heterocycles. The average molecular weight is 253 g/mol. The van der Waals surface area contributed by atoms with Crippen LogP contribution in [0.2, 0.25) is 0 Å². The molecular weight excluding hydrogens is 234 g/mol. The van der Waals surface area contributed by atoms with Gasteiger partial charge in [-0.15, -0.1) is 0 Å². The fourth-order valence-corrected chi connectivity index (χ4v) is 1.52. The number of rotatable bonds is 7. The number of nitrogens with one attached hydrogen (secondary N) is 1. The van der Waals surface area contributed by atoms with Crippen molar-refractivity contribution in [2.24, 2.45) is 0 Å². The fourth-order valence-electron chi connectivity index (χ4n) is 1.52. The van der Waals surface area contributed by atoms with Crippen molar-refractivity contribution in [3.63, 3.8) is 0 Å². The van der Waals surface area contributed by atoms with Crippen molar-refractivity contribution in [2.75, 3.05) is 6.61 Å². The van der Waals surface area contributed by atoms with Crippen LogP contribution in [0.1, 0.15) is 50.7 Å². The zero-order valence-electron chi connectivity index (χ0n) is 10.8. The lowest BCUT2D eigenvalue weighted by Crippen LogP contribution is -2.34. The van der Waals surface area contributed by atoms with Crippen LogP contribution in [-0.4, -0.2) is 28.8 Å². The van der Waals surface area contributed by atoms with E-state index in [1.54, 1.807) is 6.92 Å². The maximum Gasteiger partial charge on any atom is 0.249 e. The van der Waals surface area contributed by atoms with Gasteiger partial charge in [0.1, 0.15) is 6.10 Å². The van der Waals surface area contributed by atoms with Gasteiger partial charge in [0.15, 0.2) is 5.82 Å². The van der Waals surface area contributed by atoms with Gasteiger partial charge in [0.25, 0.3) is 0 Å². The summed E-state index contributed by atoms with van der Waals surface area (Å²) in [5, 5.41) is 6.56. The maximum absolute atomic E-state index is 11.7. The van der Waals surface area contributed by atoms with Gasteiger partial charge in [-0.3, -0.25) is 4.79 Å². The normalized spacial score (nSPS) is 16.6. The topological polar surface area (TPSA) is 77.2 Å². The number of carbonyl (C=O) groups excluding carboxylic acids is 1. The molecule has 1 aromatic rings. The van der Waals surface area contributed by atoms with Crippen molar-refractivity contribution in [1.82, 2.24) is 15.5 Å². The number of hydrogen-bond donors (Lipinski definition) is 1. The molecule has 0 radical (unpaired) electrons. The molecule has 1 N–H and O–H groups in total. The summed E-state index contributed by atoms with van der Waals surface area (Å²) in [6.07, 6.45) is 2.69. The number of carbonyl (C=O) groups is 1. The van der Waals surface area contributed by atoms with Crippen LogP contribution in [0, 0.1) is 0 Å². The highest BCUT2D eigenvalue weighted by Gasteiger charge is 2.29. The molecule has 6 nitrogen and oxygen atoms in total. The Hall–Kier alpha value is -1.43. The molecule has 1 heterocycles. The predicted molar refractivity (Wildman–Crippen MR) is 63.8 cm³/mol. The Morgan fingerprint density at radius 2 is 2.39 bits per heavy atom. The molecule has 1 amide bonds. The first kappa shape index (κ1) is 13.0. The highest BCUT2D eigenvalue weighted by Crippen LogP contribution is 2.38. The van der Waals surface area contributed by atoms with Crippen molar-refractivity contribution >= 4 is 5.91 Å². The molecule has 0 saturated heterocycles. The first-order valence-corrected chi connectivity index (χ1v) is 6.42. The minimum atomic E-state index is -0.445. The first-order chi connectivity index (χ1) is 8.70. The Bertz CT molecular complexity index is 401. The van der Waals surface area contributed by atoms with E-state index < -0.39 is 6.10 Å². The van der Waals surface area contributed by atoms with Crippen molar-refractivity contribution in [2.45, 2.75) is 51.7 Å². The van der Waals surface area contributed by atoms with Crippen molar-refractivity contribution < 1.29 is 14.1 Å². The van der Waals surface area contributed by atoms with Crippen LogP contribution in [0.25, 0.3) is 0 Å². The third-order valence-corrected chi connectivity index (χ3v) is 2.77. The van der Waals surface area contributed by atoms with E-state index in [2.05, 4.69) is 15.5 Å². The molecule has 0 unspecified atom stereocenters. The van der Waals surface area contributed by atoms with Crippen molar-refractivity contribution in [1.29, 1.82) is 0 Å². The van der Waals surface area contributed by atoms with Crippen molar-refractivity contribution in [3.8, 4) is 0 Å². The van der Waals surface area contributed by atoms with Crippen LogP contribution < -0.4 is 5.32 Å². The fraction of sp³-hybridized carbons (Fsp3) is 0.750. The average Bonchev–Trinajstić information content (AvgIpc) is 3.12. The maximum atomic E-state index is 11.7. The molecule has 1 aliphatic carbocycles. The third kappa shape index (κ3) is 3.53. The lowest BCUT2D eigenvalue weighted by atomic mass is 10.3. The quantitative estimate of drug-likeness (QED) is 0.794. The molecule has 0 aromatic carbocycles. The van der Waals surface area contributed by atoms with E-state index in [4.69, 9.17) is 9.26 Å².